The van der Waals surface area contributed by atoms with Crippen molar-refractivity contribution in [3.63, 3.8) is 0 Å². The van der Waals surface area contributed by atoms with Crippen LogP contribution in [0.4, 0.5) is 4.39 Å². The van der Waals surface area contributed by atoms with Crippen LogP contribution in [0.3, 0.4) is 0 Å². The zero-order valence-electron chi connectivity index (χ0n) is 11.7. The molecule has 1 aromatic carbocycles. The molecule has 0 fully saturated rings. The van der Waals surface area contributed by atoms with Crippen LogP contribution in [-0.4, -0.2) is 24.0 Å². The standard InChI is InChI=1S/C15H17AtFNO2/c1-10(2)18(4)9-14(15(19)20-16)11(3)12-5-7-13(17)8-6-12/h5-10H,3H2,1-2,4H3/b14-9+. The van der Waals surface area contributed by atoms with Crippen LogP contribution >= 0.6 is 0 Å². The van der Waals surface area contributed by atoms with Crippen molar-refractivity contribution < 1.29 is 37.2 Å². The van der Waals surface area contributed by atoms with Gasteiger partial charge in [-0.2, -0.15) is 0 Å². The number of carbonyl (C=O) groups excluding carboxylic acids is 1. The summed E-state index contributed by atoms with van der Waals surface area (Å²) in [6.45, 7) is 7.94. The van der Waals surface area contributed by atoms with Crippen LogP contribution in [0.5, 0.6) is 0 Å². The number of hydrogen-bond donors (Lipinski definition) is 0. The molecule has 0 spiro atoms. The Morgan fingerprint density at radius 2 is 1.95 bits per heavy atom. The molecule has 1 aromatic rings. The van der Waals surface area contributed by atoms with E-state index < -0.39 is 5.97 Å². The van der Waals surface area contributed by atoms with Crippen LogP contribution in [0, 0.1) is 31.0 Å². The second kappa shape index (κ2) is 7.53. The third-order valence-electron chi connectivity index (χ3n) is 2.96. The minimum atomic E-state index is -0.441. The van der Waals surface area contributed by atoms with Crippen molar-refractivity contribution in [1.29, 1.82) is 0 Å². The van der Waals surface area contributed by atoms with E-state index in [0.29, 0.717) is 16.7 Å². The van der Waals surface area contributed by atoms with Crippen molar-refractivity contribution in [2.45, 2.75) is 19.9 Å². The van der Waals surface area contributed by atoms with Crippen LogP contribution in [0.1, 0.15) is 19.4 Å². The SMILES string of the molecule is C=C(/C(=C\N(C)C(C)C)C(=O)O[At])c1ccc(F)cc1. The second-order valence-corrected chi connectivity index (χ2v) is 5.25. The summed E-state index contributed by atoms with van der Waals surface area (Å²) in [5.74, 6) is -0.768. The van der Waals surface area contributed by atoms with E-state index in [0.717, 1.165) is 25.2 Å². The number of benzene rings is 1. The second-order valence-electron chi connectivity index (χ2n) is 4.65. The molecule has 0 radical (unpaired) electrons. The van der Waals surface area contributed by atoms with Crippen molar-refractivity contribution in [2.24, 2.45) is 0 Å². The van der Waals surface area contributed by atoms with Crippen LogP contribution < -0.4 is 0 Å². The van der Waals surface area contributed by atoms with E-state index in [9.17, 15) is 9.18 Å². The molecule has 0 N–H and O–H groups in total. The van der Waals surface area contributed by atoms with Gasteiger partial charge in [0.2, 0.25) is 0 Å². The zero-order valence-corrected chi connectivity index (χ0v) is 14.6. The molecule has 0 unspecified atom stereocenters. The van der Waals surface area contributed by atoms with Gasteiger partial charge in [0.1, 0.15) is 0 Å². The summed E-state index contributed by atoms with van der Waals surface area (Å²) in [4.78, 5) is 13.8. The number of halogens is 1. The molecule has 108 valence electrons. The molecule has 0 aromatic heterocycles. The fourth-order valence-electron chi connectivity index (χ4n) is 1.45. The predicted molar refractivity (Wildman–Crippen MR) is 72.5 cm³/mol. The first-order valence-electron chi connectivity index (χ1n) is 6.08. The van der Waals surface area contributed by atoms with Crippen LogP contribution in [0.15, 0.2) is 42.6 Å². The fourth-order valence-corrected chi connectivity index (χ4v) is 1.78. The monoisotopic (exact) mass is 472 g/mol. The van der Waals surface area contributed by atoms with Gasteiger partial charge in [-0.1, -0.05) is 0 Å². The summed E-state index contributed by atoms with van der Waals surface area (Å²) in [5.41, 5.74) is 1.57. The van der Waals surface area contributed by atoms with Gasteiger partial charge in [-0.3, -0.25) is 0 Å². The summed E-state index contributed by atoms with van der Waals surface area (Å²) >= 11 is 0.919. The Balaban J connectivity index is 3.14. The van der Waals surface area contributed by atoms with Crippen LogP contribution in [0.2, 0.25) is 0 Å². The fraction of sp³-hybridized carbons (Fsp3) is 0.267. The molecule has 3 nitrogen and oxygen atoms in total. The molecule has 0 heterocycles. The third kappa shape index (κ3) is 4.41. The third-order valence-corrected chi connectivity index (χ3v) is 3.50. The summed E-state index contributed by atoms with van der Waals surface area (Å²) in [6.07, 6.45) is 1.71. The Morgan fingerprint density at radius 3 is 2.40 bits per heavy atom. The van der Waals surface area contributed by atoms with Gasteiger partial charge in [0.15, 0.2) is 0 Å². The minimum absolute atomic E-state index is 0.237. The average molecular weight is 472 g/mol. The van der Waals surface area contributed by atoms with Gasteiger partial charge in [0.05, 0.1) is 0 Å². The number of rotatable bonds is 5. The average Bonchev–Trinajstić information content (AvgIpc) is 2.43. The van der Waals surface area contributed by atoms with Gasteiger partial charge in [-0.05, 0) is 0 Å². The van der Waals surface area contributed by atoms with Crippen molar-refractivity contribution in [3.05, 3.63) is 54.0 Å². The molecule has 1 rings (SSSR count). The van der Waals surface area contributed by atoms with Crippen molar-refractivity contribution in [3.8, 4) is 0 Å². The Bertz CT molecular complexity index is 523. The van der Waals surface area contributed by atoms with E-state index in [1.165, 1.54) is 12.1 Å². The van der Waals surface area contributed by atoms with Gasteiger partial charge >= 0.3 is 135 Å². The van der Waals surface area contributed by atoms with E-state index in [-0.39, 0.29) is 11.9 Å². The summed E-state index contributed by atoms with van der Waals surface area (Å²) in [5, 5.41) is 0. The Labute approximate surface area is 134 Å². The van der Waals surface area contributed by atoms with E-state index in [1.54, 1.807) is 18.3 Å². The number of carbonyl (C=O) groups is 1. The quantitative estimate of drug-likeness (QED) is 0.488. The first-order chi connectivity index (χ1) is 9.36. The maximum atomic E-state index is 12.9. The summed E-state index contributed by atoms with van der Waals surface area (Å²) in [6, 6.07) is 6.10. The molecule has 0 aliphatic rings. The topological polar surface area (TPSA) is 29.5 Å². The van der Waals surface area contributed by atoms with E-state index in [4.69, 9.17) is 2.81 Å². The molecular weight excluding hydrogens is 455 g/mol. The normalized spacial score (nSPS) is 11.4. The van der Waals surface area contributed by atoms with Crippen molar-refractivity contribution >= 4 is 11.5 Å². The molecule has 0 saturated heterocycles. The van der Waals surface area contributed by atoms with E-state index in [2.05, 4.69) is 6.58 Å². The Morgan fingerprint density at radius 1 is 1.40 bits per heavy atom. The Hall–Kier alpha value is -1.22. The van der Waals surface area contributed by atoms with Crippen LogP contribution in [-0.2, 0) is 7.61 Å². The van der Waals surface area contributed by atoms with Crippen molar-refractivity contribution in [2.75, 3.05) is 7.05 Å². The van der Waals surface area contributed by atoms with E-state index >= 15 is 0 Å². The molecular formula is C15H17AtFNO2. The van der Waals surface area contributed by atoms with Gasteiger partial charge in [0.25, 0.3) is 0 Å². The first kappa shape index (κ1) is 16.8. The van der Waals surface area contributed by atoms with Gasteiger partial charge in [0, 0.05) is 0 Å². The number of nitrogens with zero attached hydrogens (tertiary/aromatic N) is 1. The predicted octanol–water partition coefficient (Wildman–Crippen LogP) is 3.07. The molecule has 0 amide bonds. The maximum absolute atomic E-state index is 12.9. The molecule has 0 atom stereocenters. The Kier molecular flexibility index (Phi) is 6.34. The molecule has 0 aliphatic heterocycles. The molecule has 5 heteroatoms. The van der Waals surface area contributed by atoms with E-state index in [1.807, 2.05) is 25.8 Å². The molecule has 0 bridgehead atoms. The van der Waals surface area contributed by atoms with Gasteiger partial charge in [-0.15, -0.1) is 0 Å². The number of hydrogen-bond acceptors (Lipinski definition) is 3. The van der Waals surface area contributed by atoms with Crippen LogP contribution in [0.25, 0.3) is 5.57 Å². The van der Waals surface area contributed by atoms with Gasteiger partial charge in [-0.25, -0.2) is 0 Å². The summed E-state index contributed by atoms with van der Waals surface area (Å²) in [7, 11) is 1.87. The molecule has 0 aliphatic carbocycles. The molecule has 0 saturated carbocycles. The molecule has 20 heavy (non-hydrogen) atoms. The van der Waals surface area contributed by atoms with Crippen molar-refractivity contribution in [1.82, 2.24) is 4.90 Å². The zero-order chi connectivity index (χ0) is 15.3. The summed E-state index contributed by atoms with van der Waals surface area (Å²) < 4.78 is 17.8. The first-order valence-corrected chi connectivity index (χ1v) is 7.28. The van der Waals surface area contributed by atoms with Gasteiger partial charge < -0.3 is 0 Å².